The molecule has 0 N–H and O–H groups in total. The predicted octanol–water partition coefficient (Wildman–Crippen LogP) is 1.68. The zero-order chi connectivity index (χ0) is 17.3. The van der Waals surface area contributed by atoms with Gasteiger partial charge in [0.05, 0.1) is 19.1 Å². The molecule has 3 fully saturated rings. The molecular formula is C17H26N4O3S. The van der Waals surface area contributed by atoms with Gasteiger partial charge in [-0.15, -0.1) is 0 Å². The number of hydrogen-bond acceptors (Lipinski definition) is 7. The van der Waals surface area contributed by atoms with Crippen molar-refractivity contribution in [1.82, 2.24) is 14.3 Å². The number of nitrogens with zero attached hydrogens (tertiary/aromatic N) is 4. The van der Waals surface area contributed by atoms with Crippen LogP contribution in [-0.2, 0) is 20.7 Å². The third-order valence-corrected chi connectivity index (χ3v) is 6.29. The number of aryl methyl sites for hydroxylation is 1. The summed E-state index contributed by atoms with van der Waals surface area (Å²) in [6.45, 7) is 6.53. The monoisotopic (exact) mass is 366 g/mol. The smallest absolute Gasteiger partial charge is 0.231 e. The number of hydrogen-bond donors (Lipinski definition) is 0. The van der Waals surface area contributed by atoms with E-state index in [0.29, 0.717) is 13.2 Å². The molecule has 1 aromatic rings. The molecule has 0 radical (unpaired) electrons. The molecule has 0 bridgehead atoms. The van der Waals surface area contributed by atoms with E-state index in [1.807, 2.05) is 4.90 Å². The Morgan fingerprint density at radius 2 is 2.08 bits per heavy atom. The van der Waals surface area contributed by atoms with Gasteiger partial charge in [-0.3, -0.25) is 4.79 Å². The summed E-state index contributed by atoms with van der Waals surface area (Å²) in [5, 5.41) is 0.978. The number of amides is 1. The van der Waals surface area contributed by atoms with Crippen molar-refractivity contribution < 1.29 is 14.3 Å². The first-order valence-corrected chi connectivity index (χ1v) is 10.1. The molecule has 1 aliphatic carbocycles. The van der Waals surface area contributed by atoms with Gasteiger partial charge in [0.1, 0.15) is 5.82 Å². The van der Waals surface area contributed by atoms with Crippen LogP contribution in [0.4, 0.5) is 5.13 Å². The summed E-state index contributed by atoms with van der Waals surface area (Å²) in [5.41, 5.74) is 0. The lowest BCUT2D eigenvalue weighted by Gasteiger charge is -2.32. The number of anilines is 1. The first-order chi connectivity index (χ1) is 12.2. The van der Waals surface area contributed by atoms with Crippen molar-refractivity contribution in [1.29, 1.82) is 0 Å². The van der Waals surface area contributed by atoms with Crippen molar-refractivity contribution in [2.45, 2.75) is 44.8 Å². The van der Waals surface area contributed by atoms with Crippen LogP contribution in [0.25, 0.3) is 0 Å². The summed E-state index contributed by atoms with van der Waals surface area (Å²) in [7, 11) is 0. The van der Waals surface area contributed by atoms with E-state index in [-0.39, 0.29) is 11.8 Å². The molecule has 138 valence electrons. The van der Waals surface area contributed by atoms with E-state index in [2.05, 4.69) is 21.2 Å². The first-order valence-electron chi connectivity index (χ1n) is 9.36. The molecule has 3 heterocycles. The van der Waals surface area contributed by atoms with Crippen LogP contribution >= 0.6 is 11.5 Å². The van der Waals surface area contributed by atoms with Crippen molar-refractivity contribution in [3.8, 4) is 0 Å². The Labute approximate surface area is 152 Å². The van der Waals surface area contributed by atoms with Crippen molar-refractivity contribution in [3.63, 3.8) is 0 Å². The standard InChI is InChI=1S/C17H26N4O3S/c1-2-14-18-16(25-19-14)21-8-4-7-20(9-10-21)15(22)13-5-3-6-17(13)23-11-12-24-17/h13H,2-12H2,1H3. The van der Waals surface area contributed by atoms with Gasteiger partial charge in [-0.2, -0.15) is 4.37 Å². The molecular weight excluding hydrogens is 340 g/mol. The average molecular weight is 366 g/mol. The number of aromatic nitrogens is 2. The maximum absolute atomic E-state index is 13.1. The minimum Gasteiger partial charge on any atom is -0.347 e. The van der Waals surface area contributed by atoms with E-state index in [9.17, 15) is 4.79 Å². The molecule has 1 spiro atoms. The van der Waals surface area contributed by atoms with E-state index in [4.69, 9.17) is 9.47 Å². The van der Waals surface area contributed by atoms with Gasteiger partial charge < -0.3 is 19.3 Å². The Morgan fingerprint density at radius 1 is 1.24 bits per heavy atom. The van der Waals surface area contributed by atoms with Crippen LogP contribution in [0.3, 0.4) is 0 Å². The zero-order valence-electron chi connectivity index (χ0n) is 14.8. The highest BCUT2D eigenvalue weighted by atomic mass is 32.1. The minimum absolute atomic E-state index is 0.144. The third kappa shape index (κ3) is 3.27. The van der Waals surface area contributed by atoms with Crippen LogP contribution in [0.2, 0.25) is 0 Å². The van der Waals surface area contributed by atoms with E-state index < -0.39 is 5.79 Å². The second-order valence-electron chi connectivity index (χ2n) is 6.97. The lowest BCUT2D eigenvalue weighted by Crippen LogP contribution is -2.47. The summed E-state index contributed by atoms with van der Waals surface area (Å²) in [6, 6.07) is 0. The van der Waals surface area contributed by atoms with Crippen LogP contribution in [0.15, 0.2) is 0 Å². The van der Waals surface area contributed by atoms with Crippen LogP contribution in [0.1, 0.15) is 38.4 Å². The second kappa shape index (κ2) is 7.17. The molecule has 1 saturated carbocycles. The maximum atomic E-state index is 13.1. The summed E-state index contributed by atoms with van der Waals surface area (Å²) in [4.78, 5) is 22.0. The van der Waals surface area contributed by atoms with E-state index in [1.165, 1.54) is 11.5 Å². The van der Waals surface area contributed by atoms with Crippen molar-refractivity contribution in [2.24, 2.45) is 5.92 Å². The molecule has 1 atom stereocenters. The summed E-state index contributed by atoms with van der Waals surface area (Å²) >= 11 is 1.46. The molecule has 25 heavy (non-hydrogen) atoms. The number of rotatable bonds is 3. The number of carbonyl (C=O) groups excluding carboxylic acids is 1. The highest BCUT2D eigenvalue weighted by Crippen LogP contribution is 2.43. The molecule has 8 heteroatoms. The SMILES string of the molecule is CCc1nsc(N2CCCN(C(=O)C3CCCC34OCCO4)CC2)n1. The fourth-order valence-corrected chi connectivity index (χ4v) is 4.94. The Morgan fingerprint density at radius 3 is 2.84 bits per heavy atom. The number of ether oxygens (including phenoxy) is 2. The molecule has 3 aliphatic rings. The fraction of sp³-hybridized carbons (Fsp3) is 0.824. The van der Waals surface area contributed by atoms with Crippen molar-refractivity contribution >= 4 is 22.6 Å². The van der Waals surface area contributed by atoms with Gasteiger partial charge in [-0.05, 0) is 19.3 Å². The Bertz CT molecular complexity index is 611. The minimum atomic E-state index is -0.641. The zero-order valence-corrected chi connectivity index (χ0v) is 15.6. The summed E-state index contributed by atoms with van der Waals surface area (Å²) in [5.74, 6) is 0.321. The number of carbonyl (C=O) groups is 1. The highest BCUT2D eigenvalue weighted by Gasteiger charge is 2.52. The van der Waals surface area contributed by atoms with Crippen LogP contribution < -0.4 is 4.90 Å². The molecule has 1 aromatic heterocycles. The van der Waals surface area contributed by atoms with Gasteiger partial charge in [-0.1, -0.05) is 6.92 Å². The van der Waals surface area contributed by atoms with Crippen molar-refractivity contribution in [3.05, 3.63) is 5.82 Å². The second-order valence-corrected chi connectivity index (χ2v) is 7.70. The molecule has 4 rings (SSSR count). The van der Waals surface area contributed by atoms with Gasteiger partial charge in [0.2, 0.25) is 11.0 Å². The van der Waals surface area contributed by atoms with Crippen molar-refractivity contribution in [2.75, 3.05) is 44.3 Å². The maximum Gasteiger partial charge on any atom is 0.231 e. The lowest BCUT2D eigenvalue weighted by molar-refractivity contribution is -0.191. The normalized spacial score (nSPS) is 26.4. The van der Waals surface area contributed by atoms with Gasteiger partial charge >= 0.3 is 0 Å². The fourth-order valence-electron chi connectivity index (χ4n) is 4.14. The topological polar surface area (TPSA) is 67.8 Å². The molecule has 2 saturated heterocycles. The Kier molecular flexibility index (Phi) is 4.92. The van der Waals surface area contributed by atoms with Gasteiger partial charge in [0.25, 0.3) is 0 Å². The van der Waals surface area contributed by atoms with E-state index in [1.54, 1.807) is 0 Å². The predicted molar refractivity (Wildman–Crippen MR) is 94.7 cm³/mol. The molecule has 1 unspecified atom stereocenters. The van der Waals surface area contributed by atoms with Crippen LogP contribution in [0.5, 0.6) is 0 Å². The van der Waals surface area contributed by atoms with Gasteiger partial charge in [0, 0.05) is 50.6 Å². The lowest BCUT2D eigenvalue weighted by atomic mass is 10.0. The van der Waals surface area contributed by atoms with Crippen LogP contribution in [0, 0.1) is 5.92 Å². The Balaban J connectivity index is 1.41. The van der Waals surface area contributed by atoms with Gasteiger partial charge in [0.15, 0.2) is 5.79 Å². The average Bonchev–Trinajstić information content (AvgIpc) is 3.34. The summed E-state index contributed by atoms with van der Waals surface area (Å²) in [6.07, 6.45) is 4.52. The molecule has 2 aliphatic heterocycles. The molecule has 0 aromatic carbocycles. The first kappa shape index (κ1) is 17.2. The largest absolute Gasteiger partial charge is 0.347 e. The molecule has 1 amide bonds. The van der Waals surface area contributed by atoms with E-state index in [0.717, 1.165) is 69.2 Å². The third-order valence-electron chi connectivity index (χ3n) is 5.47. The quantitative estimate of drug-likeness (QED) is 0.811. The Hall–Kier alpha value is -1.25. The van der Waals surface area contributed by atoms with Gasteiger partial charge in [-0.25, -0.2) is 4.98 Å². The van der Waals surface area contributed by atoms with Crippen LogP contribution in [-0.4, -0.2) is 65.3 Å². The highest BCUT2D eigenvalue weighted by molar-refractivity contribution is 7.09. The molecule has 7 nitrogen and oxygen atoms in total. The van der Waals surface area contributed by atoms with E-state index >= 15 is 0 Å². The summed E-state index contributed by atoms with van der Waals surface area (Å²) < 4.78 is 16.1.